The Labute approximate surface area is 232 Å². The predicted octanol–water partition coefficient (Wildman–Crippen LogP) is 6.32. The summed E-state index contributed by atoms with van der Waals surface area (Å²) in [7, 11) is 1.67. The highest BCUT2D eigenvalue weighted by atomic mass is 35.5. The number of aromatic nitrogens is 1. The molecule has 0 radical (unpaired) electrons. The van der Waals surface area contributed by atoms with E-state index in [-0.39, 0.29) is 18.3 Å². The zero-order chi connectivity index (χ0) is 24.6. The molecule has 1 amide bonds. The minimum atomic E-state index is 0. The molecule has 2 aromatic carbocycles. The van der Waals surface area contributed by atoms with E-state index < -0.39 is 0 Å². The minimum Gasteiger partial charge on any atom is -0.497 e. The zero-order valence-electron chi connectivity index (χ0n) is 20.7. The number of hydrogen-bond donors (Lipinski definition) is 0. The van der Waals surface area contributed by atoms with E-state index in [9.17, 15) is 4.79 Å². The average Bonchev–Trinajstić information content (AvgIpc) is 3.34. The fraction of sp³-hybridized carbons (Fsp3) is 0.462. The molecule has 1 saturated heterocycles. The molecular formula is C26H33Cl2N3O3S2. The van der Waals surface area contributed by atoms with Crippen molar-refractivity contribution in [3.05, 3.63) is 47.0 Å². The molecule has 10 heteroatoms. The number of amides is 1. The van der Waals surface area contributed by atoms with Gasteiger partial charge in [-0.15, -0.1) is 24.2 Å². The molecule has 0 N–H and O–H groups in total. The van der Waals surface area contributed by atoms with Crippen LogP contribution in [0, 0.1) is 6.92 Å². The van der Waals surface area contributed by atoms with Gasteiger partial charge in [-0.2, -0.15) is 0 Å². The Morgan fingerprint density at radius 3 is 2.64 bits per heavy atom. The third-order valence-electron chi connectivity index (χ3n) is 6.04. The Morgan fingerprint density at radius 2 is 1.94 bits per heavy atom. The van der Waals surface area contributed by atoms with Crippen LogP contribution in [0.1, 0.15) is 24.8 Å². The fourth-order valence-corrected chi connectivity index (χ4v) is 6.24. The molecule has 0 atom stereocenters. The van der Waals surface area contributed by atoms with Crippen molar-refractivity contribution < 1.29 is 14.3 Å². The fourth-order valence-electron chi connectivity index (χ4n) is 4.03. The van der Waals surface area contributed by atoms with E-state index in [1.807, 2.05) is 36.1 Å². The number of benzene rings is 2. The van der Waals surface area contributed by atoms with Crippen molar-refractivity contribution in [2.75, 3.05) is 57.2 Å². The Bertz CT molecular complexity index is 1080. The van der Waals surface area contributed by atoms with E-state index >= 15 is 0 Å². The number of thioether (sulfide) groups is 1. The molecular weight excluding hydrogens is 537 g/mol. The number of aryl methyl sites for hydroxylation is 1. The lowest BCUT2D eigenvalue weighted by Crippen LogP contribution is -2.39. The van der Waals surface area contributed by atoms with Crippen LogP contribution >= 0.6 is 47.1 Å². The number of fused-ring (bicyclic) bond motifs is 1. The van der Waals surface area contributed by atoms with Crippen LogP contribution in [0.4, 0.5) is 5.13 Å². The van der Waals surface area contributed by atoms with E-state index in [0.717, 1.165) is 78.1 Å². The first-order valence-corrected chi connectivity index (χ1v) is 14.2. The van der Waals surface area contributed by atoms with Crippen molar-refractivity contribution in [2.24, 2.45) is 0 Å². The van der Waals surface area contributed by atoms with Crippen LogP contribution in [0.25, 0.3) is 10.2 Å². The number of methoxy groups -OCH3 is 1. The third kappa shape index (κ3) is 7.73. The van der Waals surface area contributed by atoms with Gasteiger partial charge in [0.2, 0.25) is 5.91 Å². The van der Waals surface area contributed by atoms with E-state index in [0.29, 0.717) is 18.0 Å². The number of morpholine rings is 1. The van der Waals surface area contributed by atoms with Gasteiger partial charge in [0.15, 0.2) is 5.13 Å². The lowest BCUT2D eigenvalue weighted by Gasteiger charge is -2.27. The molecule has 2 heterocycles. The Hall–Kier alpha value is -1.55. The van der Waals surface area contributed by atoms with Crippen molar-refractivity contribution in [2.45, 2.75) is 31.1 Å². The van der Waals surface area contributed by atoms with Gasteiger partial charge in [-0.3, -0.25) is 14.6 Å². The van der Waals surface area contributed by atoms with Crippen LogP contribution in [0.5, 0.6) is 5.75 Å². The molecule has 0 unspecified atom stereocenters. The summed E-state index contributed by atoms with van der Waals surface area (Å²) in [5.74, 6) is 1.85. The Morgan fingerprint density at radius 1 is 1.19 bits per heavy atom. The Balaban J connectivity index is 0.00000361. The minimum absolute atomic E-state index is 0. The van der Waals surface area contributed by atoms with Crippen LogP contribution in [-0.2, 0) is 9.53 Å². The maximum Gasteiger partial charge on any atom is 0.228 e. The number of anilines is 1. The number of halogens is 2. The van der Waals surface area contributed by atoms with Crippen molar-refractivity contribution in [3.8, 4) is 5.75 Å². The molecule has 1 aliphatic rings. The van der Waals surface area contributed by atoms with Gasteiger partial charge in [-0.25, -0.2) is 4.98 Å². The van der Waals surface area contributed by atoms with Crippen LogP contribution in [0.15, 0.2) is 41.3 Å². The first-order valence-electron chi connectivity index (χ1n) is 12.0. The second-order valence-corrected chi connectivity index (χ2v) is 11.1. The summed E-state index contributed by atoms with van der Waals surface area (Å²) < 4.78 is 11.6. The lowest BCUT2D eigenvalue weighted by atomic mass is 10.2. The Kier molecular flexibility index (Phi) is 11.6. The van der Waals surface area contributed by atoms with Crippen LogP contribution in [0.2, 0.25) is 5.02 Å². The quantitative estimate of drug-likeness (QED) is 0.199. The summed E-state index contributed by atoms with van der Waals surface area (Å²) >= 11 is 9.72. The molecule has 36 heavy (non-hydrogen) atoms. The van der Waals surface area contributed by atoms with Crippen molar-refractivity contribution in [3.63, 3.8) is 0 Å². The van der Waals surface area contributed by atoms with E-state index in [4.69, 9.17) is 26.1 Å². The molecule has 0 saturated carbocycles. The molecule has 6 nitrogen and oxygen atoms in total. The standard InChI is InChI=1S/C26H32ClN3O3S2.ClH/c1-19-6-11-22(27)25-24(19)28-26(35-25)30(13-4-12-29-14-16-33-17-15-29)23(31)5-3-18-34-21-9-7-20(32-2)8-10-21;/h6-11H,3-5,12-18H2,1-2H3;1H. The van der Waals surface area contributed by atoms with Crippen LogP contribution in [-0.4, -0.2) is 68.0 Å². The van der Waals surface area contributed by atoms with E-state index in [1.54, 1.807) is 18.9 Å². The number of rotatable bonds is 11. The second kappa shape index (κ2) is 14.4. The van der Waals surface area contributed by atoms with Gasteiger partial charge < -0.3 is 9.47 Å². The summed E-state index contributed by atoms with van der Waals surface area (Å²) in [4.78, 5) is 23.7. The van der Waals surface area contributed by atoms with Crippen molar-refractivity contribution in [1.82, 2.24) is 9.88 Å². The van der Waals surface area contributed by atoms with Gasteiger partial charge in [0, 0.05) is 37.5 Å². The average molecular weight is 571 g/mol. The summed E-state index contributed by atoms with van der Waals surface area (Å²) in [6.45, 7) is 7.10. The molecule has 0 bridgehead atoms. The van der Waals surface area contributed by atoms with Crippen LogP contribution < -0.4 is 9.64 Å². The topological polar surface area (TPSA) is 54.9 Å². The number of ether oxygens (including phenoxy) is 2. The molecule has 1 aromatic heterocycles. The number of carbonyl (C=O) groups excluding carboxylic acids is 1. The number of carbonyl (C=O) groups is 1. The smallest absolute Gasteiger partial charge is 0.228 e. The molecule has 0 spiro atoms. The predicted molar refractivity (Wildman–Crippen MR) is 154 cm³/mol. The van der Waals surface area contributed by atoms with Gasteiger partial charge in [0.25, 0.3) is 0 Å². The van der Waals surface area contributed by atoms with E-state index in [2.05, 4.69) is 17.0 Å². The van der Waals surface area contributed by atoms with Gasteiger partial charge in [-0.1, -0.05) is 29.0 Å². The summed E-state index contributed by atoms with van der Waals surface area (Å²) in [5.41, 5.74) is 1.96. The third-order valence-corrected chi connectivity index (χ3v) is 8.68. The van der Waals surface area contributed by atoms with Crippen LogP contribution in [0.3, 0.4) is 0 Å². The highest BCUT2D eigenvalue weighted by molar-refractivity contribution is 7.99. The van der Waals surface area contributed by atoms with Gasteiger partial charge >= 0.3 is 0 Å². The van der Waals surface area contributed by atoms with Crippen molar-refractivity contribution in [1.29, 1.82) is 0 Å². The molecule has 3 aromatic rings. The molecule has 1 aliphatic heterocycles. The number of nitrogens with zero attached hydrogens (tertiary/aromatic N) is 3. The largest absolute Gasteiger partial charge is 0.497 e. The molecule has 196 valence electrons. The SMILES string of the molecule is COc1ccc(SCCCC(=O)N(CCCN2CCOCC2)c2nc3c(C)ccc(Cl)c3s2)cc1.Cl. The highest BCUT2D eigenvalue weighted by Crippen LogP contribution is 2.36. The maximum absolute atomic E-state index is 13.4. The normalized spacial score (nSPS) is 14.0. The number of thiazole rings is 1. The number of hydrogen-bond acceptors (Lipinski definition) is 7. The van der Waals surface area contributed by atoms with Crippen molar-refractivity contribution >= 4 is 68.4 Å². The monoisotopic (exact) mass is 569 g/mol. The molecule has 4 rings (SSSR count). The summed E-state index contributed by atoms with van der Waals surface area (Å²) in [6, 6.07) is 11.9. The maximum atomic E-state index is 13.4. The zero-order valence-corrected chi connectivity index (χ0v) is 23.9. The summed E-state index contributed by atoms with van der Waals surface area (Å²) in [5, 5.41) is 1.43. The lowest BCUT2D eigenvalue weighted by molar-refractivity contribution is -0.118. The van der Waals surface area contributed by atoms with Gasteiger partial charge in [0.05, 0.1) is 35.6 Å². The van der Waals surface area contributed by atoms with Gasteiger partial charge in [-0.05, 0) is 61.4 Å². The van der Waals surface area contributed by atoms with E-state index in [1.165, 1.54) is 16.2 Å². The van der Waals surface area contributed by atoms with Gasteiger partial charge in [0.1, 0.15) is 5.75 Å². The first kappa shape index (κ1) is 29.0. The first-order chi connectivity index (χ1) is 17.0. The molecule has 0 aliphatic carbocycles. The molecule has 1 fully saturated rings. The second-order valence-electron chi connectivity index (χ2n) is 8.52. The summed E-state index contributed by atoms with van der Waals surface area (Å²) in [6.07, 6.45) is 2.19. The highest BCUT2D eigenvalue weighted by Gasteiger charge is 2.21.